The average Bonchev–Trinajstić information content (AvgIpc) is 2.82. The zero-order valence-electron chi connectivity index (χ0n) is 20.0. The summed E-state index contributed by atoms with van der Waals surface area (Å²) < 4.78 is 12.2. The largest absolute Gasteiger partial charge is 0.494 e. The quantitative estimate of drug-likeness (QED) is 0.147. The molecule has 0 saturated carbocycles. The van der Waals surface area contributed by atoms with Gasteiger partial charge in [-0.1, -0.05) is 70.4 Å². The standard InChI is InChI=1S/C28H42Cl2O2/c1-2-26-27-17-16-25(31-21-13-9-5-3-7-11-19-29)23-24(27)15-18-28(26)32-22-14-10-6-4-8-12-20-30/h15-18,23H,2-14,19-22H2,1H3. The number of rotatable bonds is 19. The summed E-state index contributed by atoms with van der Waals surface area (Å²) in [7, 11) is 0. The number of ether oxygens (including phenoxy) is 2. The van der Waals surface area contributed by atoms with Gasteiger partial charge in [0.25, 0.3) is 0 Å². The Morgan fingerprint density at radius 2 is 1.19 bits per heavy atom. The van der Waals surface area contributed by atoms with Crippen molar-refractivity contribution in [3.63, 3.8) is 0 Å². The van der Waals surface area contributed by atoms with Crippen molar-refractivity contribution in [1.82, 2.24) is 0 Å². The first-order valence-electron chi connectivity index (χ1n) is 12.7. The summed E-state index contributed by atoms with van der Waals surface area (Å²) in [5, 5.41) is 2.50. The number of hydrogen-bond donors (Lipinski definition) is 0. The van der Waals surface area contributed by atoms with Crippen LogP contribution in [0.25, 0.3) is 10.8 Å². The number of unbranched alkanes of at least 4 members (excludes halogenated alkanes) is 10. The van der Waals surface area contributed by atoms with Crippen molar-refractivity contribution >= 4 is 34.0 Å². The summed E-state index contributed by atoms with van der Waals surface area (Å²) in [4.78, 5) is 0. The SMILES string of the molecule is CCc1c(OCCCCCCCCCl)ccc2cc(OCCCCCCCCCl)ccc12. The van der Waals surface area contributed by atoms with Crippen LogP contribution in [0.5, 0.6) is 11.5 Å². The van der Waals surface area contributed by atoms with Gasteiger partial charge in [0, 0.05) is 17.3 Å². The second-order valence-corrected chi connectivity index (χ2v) is 9.35. The topological polar surface area (TPSA) is 18.5 Å². The molecule has 2 aromatic rings. The molecule has 0 unspecified atom stereocenters. The Kier molecular flexibility index (Phi) is 14.7. The number of alkyl halides is 2. The van der Waals surface area contributed by atoms with E-state index in [1.54, 1.807) is 0 Å². The summed E-state index contributed by atoms with van der Waals surface area (Å²) in [5.74, 6) is 3.57. The zero-order valence-corrected chi connectivity index (χ0v) is 21.5. The number of hydrogen-bond acceptors (Lipinski definition) is 2. The number of benzene rings is 2. The van der Waals surface area contributed by atoms with Gasteiger partial charge >= 0.3 is 0 Å². The maximum absolute atomic E-state index is 6.16. The van der Waals surface area contributed by atoms with E-state index in [1.807, 2.05) is 0 Å². The van der Waals surface area contributed by atoms with Gasteiger partial charge in [-0.25, -0.2) is 0 Å². The monoisotopic (exact) mass is 480 g/mol. The Bertz CT molecular complexity index is 748. The molecule has 2 nitrogen and oxygen atoms in total. The minimum absolute atomic E-state index is 0.786. The average molecular weight is 482 g/mol. The number of fused-ring (bicyclic) bond motifs is 1. The molecule has 180 valence electrons. The Balaban J connectivity index is 1.77. The predicted molar refractivity (Wildman–Crippen MR) is 141 cm³/mol. The number of aryl methyl sites for hydroxylation is 1. The van der Waals surface area contributed by atoms with Crippen molar-refractivity contribution < 1.29 is 9.47 Å². The molecular weight excluding hydrogens is 439 g/mol. The molecule has 0 spiro atoms. The summed E-state index contributed by atoms with van der Waals surface area (Å²) >= 11 is 11.5. The van der Waals surface area contributed by atoms with Crippen LogP contribution < -0.4 is 9.47 Å². The Hall–Kier alpha value is -1.12. The third-order valence-corrected chi connectivity index (χ3v) is 6.53. The molecule has 0 saturated heterocycles. The molecule has 0 aliphatic rings. The highest BCUT2D eigenvalue weighted by molar-refractivity contribution is 6.18. The highest BCUT2D eigenvalue weighted by Crippen LogP contribution is 2.31. The van der Waals surface area contributed by atoms with E-state index in [0.717, 1.165) is 68.6 Å². The first kappa shape index (κ1) is 27.1. The van der Waals surface area contributed by atoms with Gasteiger partial charge in [0.15, 0.2) is 0 Å². The van der Waals surface area contributed by atoms with Crippen LogP contribution in [-0.2, 0) is 6.42 Å². The second-order valence-electron chi connectivity index (χ2n) is 8.60. The molecule has 0 amide bonds. The van der Waals surface area contributed by atoms with Gasteiger partial charge < -0.3 is 9.47 Å². The van der Waals surface area contributed by atoms with Crippen LogP contribution in [0.15, 0.2) is 30.3 Å². The predicted octanol–water partition coefficient (Wildman–Crippen LogP) is 9.32. The fraction of sp³-hybridized carbons (Fsp3) is 0.643. The Morgan fingerprint density at radius 1 is 0.625 bits per heavy atom. The van der Waals surface area contributed by atoms with Crippen molar-refractivity contribution in [2.24, 2.45) is 0 Å². The van der Waals surface area contributed by atoms with E-state index < -0.39 is 0 Å². The molecule has 0 N–H and O–H groups in total. The molecule has 32 heavy (non-hydrogen) atoms. The van der Waals surface area contributed by atoms with Crippen LogP contribution in [0.3, 0.4) is 0 Å². The fourth-order valence-electron chi connectivity index (χ4n) is 4.12. The fourth-order valence-corrected chi connectivity index (χ4v) is 4.50. The summed E-state index contributed by atoms with van der Waals surface area (Å²) in [5.41, 5.74) is 1.30. The molecule has 4 heteroatoms. The van der Waals surface area contributed by atoms with Crippen molar-refractivity contribution in [2.75, 3.05) is 25.0 Å². The first-order chi connectivity index (χ1) is 15.8. The van der Waals surface area contributed by atoms with E-state index >= 15 is 0 Å². The maximum Gasteiger partial charge on any atom is 0.123 e. The third kappa shape index (κ3) is 10.2. The highest BCUT2D eigenvalue weighted by Gasteiger charge is 2.09. The Labute approximate surface area is 206 Å². The molecule has 2 rings (SSSR count). The third-order valence-electron chi connectivity index (χ3n) is 6.00. The summed E-state index contributed by atoms with van der Waals surface area (Å²) in [6.07, 6.45) is 15.5. The van der Waals surface area contributed by atoms with Crippen molar-refractivity contribution in [3.8, 4) is 11.5 Å². The highest BCUT2D eigenvalue weighted by atomic mass is 35.5. The Morgan fingerprint density at radius 3 is 1.78 bits per heavy atom. The zero-order chi connectivity index (χ0) is 22.9. The van der Waals surface area contributed by atoms with Gasteiger partial charge in [-0.05, 0) is 61.1 Å². The molecule has 0 bridgehead atoms. The minimum atomic E-state index is 0.786. The lowest BCUT2D eigenvalue weighted by Gasteiger charge is -2.14. The minimum Gasteiger partial charge on any atom is -0.494 e. The maximum atomic E-state index is 6.16. The van der Waals surface area contributed by atoms with Gasteiger partial charge in [-0.15, -0.1) is 23.2 Å². The van der Waals surface area contributed by atoms with Crippen LogP contribution in [0, 0.1) is 0 Å². The number of halogens is 2. The molecule has 0 aromatic heterocycles. The van der Waals surface area contributed by atoms with E-state index in [4.69, 9.17) is 32.7 Å². The van der Waals surface area contributed by atoms with Crippen LogP contribution >= 0.6 is 23.2 Å². The van der Waals surface area contributed by atoms with Crippen LogP contribution in [0.4, 0.5) is 0 Å². The second kappa shape index (κ2) is 17.4. The molecule has 0 radical (unpaired) electrons. The first-order valence-corrected chi connectivity index (χ1v) is 13.8. The lowest BCUT2D eigenvalue weighted by molar-refractivity contribution is 0.302. The van der Waals surface area contributed by atoms with E-state index in [0.29, 0.717) is 0 Å². The molecule has 2 aromatic carbocycles. The van der Waals surface area contributed by atoms with Gasteiger partial charge in [0.1, 0.15) is 11.5 Å². The molecule has 0 fully saturated rings. The van der Waals surface area contributed by atoms with Gasteiger partial charge in [0.2, 0.25) is 0 Å². The van der Waals surface area contributed by atoms with Crippen LogP contribution in [0.1, 0.15) is 89.5 Å². The van der Waals surface area contributed by atoms with E-state index in [-0.39, 0.29) is 0 Å². The summed E-state index contributed by atoms with van der Waals surface area (Å²) in [6.45, 7) is 3.78. The van der Waals surface area contributed by atoms with E-state index in [1.165, 1.54) is 67.7 Å². The molecular formula is C28H42Cl2O2. The lowest BCUT2D eigenvalue weighted by Crippen LogP contribution is -2.01. The molecule has 0 atom stereocenters. The van der Waals surface area contributed by atoms with E-state index in [2.05, 4.69) is 37.3 Å². The van der Waals surface area contributed by atoms with Crippen LogP contribution in [-0.4, -0.2) is 25.0 Å². The molecule has 0 aliphatic carbocycles. The smallest absolute Gasteiger partial charge is 0.123 e. The van der Waals surface area contributed by atoms with Gasteiger partial charge in [0.05, 0.1) is 13.2 Å². The van der Waals surface area contributed by atoms with Crippen molar-refractivity contribution in [1.29, 1.82) is 0 Å². The lowest BCUT2D eigenvalue weighted by atomic mass is 10.0. The molecule has 0 heterocycles. The summed E-state index contributed by atoms with van der Waals surface area (Å²) in [6, 6.07) is 10.8. The van der Waals surface area contributed by atoms with Crippen molar-refractivity contribution in [2.45, 2.75) is 90.4 Å². The van der Waals surface area contributed by atoms with E-state index in [9.17, 15) is 0 Å². The van der Waals surface area contributed by atoms with Crippen LogP contribution in [0.2, 0.25) is 0 Å². The van der Waals surface area contributed by atoms with Gasteiger partial charge in [-0.3, -0.25) is 0 Å². The van der Waals surface area contributed by atoms with Crippen molar-refractivity contribution in [3.05, 3.63) is 35.9 Å². The van der Waals surface area contributed by atoms with Gasteiger partial charge in [-0.2, -0.15) is 0 Å². The molecule has 0 aliphatic heterocycles. The normalized spacial score (nSPS) is 11.2.